The standard InChI is InChI=1S/C22H16S/c1-2-5-17(6-3-1)18-8-10-19(11-9-18)20-12-14-21(15-13-20)22-7-4-16-23-22/h1-16H. The Morgan fingerprint density at radius 1 is 0.391 bits per heavy atom. The van der Waals surface area contributed by atoms with Crippen LogP contribution in [0.2, 0.25) is 0 Å². The predicted octanol–water partition coefficient (Wildman–Crippen LogP) is 6.75. The molecule has 0 fully saturated rings. The van der Waals surface area contributed by atoms with Gasteiger partial charge in [0.1, 0.15) is 0 Å². The molecule has 110 valence electrons. The van der Waals surface area contributed by atoms with Crippen LogP contribution in [-0.4, -0.2) is 0 Å². The van der Waals surface area contributed by atoms with Crippen LogP contribution in [-0.2, 0) is 0 Å². The van der Waals surface area contributed by atoms with Gasteiger partial charge in [-0.1, -0.05) is 84.9 Å². The molecule has 0 saturated carbocycles. The maximum Gasteiger partial charge on any atom is 0.0342 e. The predicted molar refractivity (Wildman–Crippen MR) is 101 cm³/mol. The highest BCUT2D eigenvalue weighted by Crippen LogP contribution is 2.29. The fraction of sp³-hybridized carbons (Fsp3) is 0. The molecular formula is C22H16S. The fourth-order valence-corrected chi connectivity index (χ4v) is 3.49. The smallest absolute Gasteiger partial charge is 0.0342 e. The summed E-state index contributed by atoms with van der Waals surface area (Å²) in [6.07, 6.45) is 0. The summed E-state index contributed by atoms with van der Waals surface area (Å²) in [5, 5.41) is 2.12. The number of hydrogen-bond acceptors (Lipinski definition) is 1. The Hall–Kier alpha value is -2.64. The minimum atomic E-state index is 1.25. The largest absolute Gasteiger partial charge is 0.144 e. The van der Waals surface area contributed by atoms with Gasteiger partial charge in [0.15, 0.2) is 0 Å². The van der Waals surface area contributed by atoms with Gasteiger partial charge in [-0.15, -0.1) is 11.3 Å². The zero-order chi connectivity index (χ0) is 15.5. The summed E-state index contributed by atoms with van der Waals surface area (Å²) in [5.41, 5.74) is 6.30. The molecule has 1 heterocycles. The van der Waals surface area contributed by atoms with Gasteiger partial charge in [0, 0.05) is 4.88 Å². The third-order valence-electron chi connectivity index (χ3n) is 4.02. The monoisotopic (exact) mass is 312 g/mol. The number of benzene rings is 3. The molecule has 0 aliphatic heterocycles. The summed E-state index contributed by atoms with van der Waals surface area (Å²) >= 11 is 1.78. The van der Waals surface area contributed by atoms with Gasteiger partial charge in [-0.2, -0.15) is 0 Å². The SMILES string of the molecule is c1ccc(-c2ccc(-c3ccc(-c4cccs4)cc3)cc2)cc1. The van der Waals surface area contributed by atoms with Crippen LogP contribution in [0.4, 0.5) is 0 Å². The average molecular weight is 312 g/mol. The van der Waals surface area contributed by atoms with Crippen LogP contribution >= 0.6 is 11.3 Å². The number of thiophene rings is 1. The average Bonchev–Trinajstić information content (AvgIpc) is 3.18. The summed E-state index contributed by atoms with van der Waals surface area (Å²) in [5.74, 6) is 0. The van der Waals surface area contributed by atoms with E-state index in [4.69, 9.17) is 0 Å². The Morgan fingerprint density at radius 2 is 0.870 bits per heavy atom. The van der Waals surface area contributed by atoms with E-state index in [1.165, 1.54) is 32.7 Å². The molecule has 4 rings (SSSR count). The van der Waals surface area contributed by atoms with Crippen molar-refractivity contribution in [2.24, 2.45) is 0 Å². The van der Waals surface area contributed by atoms with Crippen LogP contribution in [0.5, 0.6) is 0 Å². The Balaban J connectivity index is 1.61. The first kappa shape index (κ1) is 14.0. The lowest BCUT2D eigenvalue weighted by Crippen LogP contribution is -1.81. The second kappa shape index (κ2) is 6.23. The summed E-state index contributed by atoms with van der Waals surface area (Å²) in [7, 11) is 0. The van der Waals surface area contributed by atoms with Crippen molar-refractivity contribution in [3.63, 3.8) is 0 Å². The lowest BCUT2D eigenvalue weighted by molar-refractivity contribution is 1.59. The highest BCUT2D eigenvalue weighted by molar-refractivity contribution is 7.13. The van der Waals surface area contributed by atoms with Gasteiger partial charge in [0.2, 0.25) is 0 Å². The molecule has 0 unspecified atom stereocenters. The van der Waals surface area contributed by atoms with Crippen LogP contribution < -0.4 is 0 Å². The number of rotatable bonds is 3. The molecule has 0 spiro atoms. The zero-order valence-electron chi connectivity index (χ0n) is 12.6. The molecule has 4 aromatic rings. The molecule has 0 N–H and O–H groups in total. The van der Waals surface area contributed by atoms with E-state index in [1.807, 2.05) is 6.07 Å². The van der Waals surface area contributed by atoms with E-state index in [0.29, 0.717) is 0 Å². The molecule has 0 saturated heterocycles. The highest BCUT2D eigenvalue weighted by Gasteiger charge is 2.02. The van der Waals surface area contributed by atoms with E-state index in [1.54, 1.807) is 11.3 Å². The third-order valence-corrected chi connectivity index (χ3v) is 4.93. The Labute approximate surface area is 140 Å². The van der Waals surface area contributed by atoms with E-state index < -0.39 is 0 Å². The lowest BCUT2D eigenvalue weighted by Gasteiger charge is -2.06. The van der Waals surface area contributed by atoms with E-state index in [2.05, 4.69) is 90.3 Å². The maximum absolute atomic E-state index is 2.20. The van der Waals surface area contributed by atoms with Crippen molar-refractivity contribution in [3.8, 4) is 32.7 Å². The molecule has 23 heavy (non-hydrogen) atoms. The van der Waals surface area contributed by atoms with Crippen LogP contribution in [0.25, 0.3) is 32.7 Å². The van der Waals surface area contributed by atoms with Gasteiger partial charge in [0.05, 0.1) is 0 Å². The van der Waals surface area contributed by atoms with Crippen molar-refractivity contribution in [1.29, 1.82) is 0 Å². The molecule has 0 atom stereocenters. The van der Waals surface area contributed by atoms with Gasteiger partial charge in [-0.05, 0) is 39.3 Å². The van der Waals surface area contributed by atoms with E-state index in [9.17, 15) is 0 Å². The van der Waals surface area contributed by atoms with E-state index in [-0.39, 0.29) is 0 Å². The van der Waals surface area contributed by atoms with Crippen molar-refractivity contribution in [2.45, 2.75) is 0 Å². The first-order valence-corrected chi connectivity index (χ1v) is 8.58. The summed E-state index contributed by atoms with van der Waals surface area (Å²) in [6, 6.07) is 32.3. The molecule has 0 aliphatic carbocycles. The van der Waals surface area contributed by atoms with Crippen molar-refractivity contribution in [2.75, 3.05) is 0 Å². The van der Waals surface area contributed by atoms with Crippen molar-refractivity contribution < 1.29 is 0 Å². The Bertz CT molecular complexity index is 871. The van der Waals surface area contributed by atoms with Gasteiger partial charge >= 0.3 is 0 Å². The second-order valence-electron chi connectivity index (χ2n) is 5.50. The van der Waals surface area contributed by atoms with Crippen LogP contribution in [0.1, 0.15) is 0 Å². The Morgan fingerprint density at radius 3 is 1.35 bits per heavy atom. The fourth-order valence-electron chi connectivity index (χ4n) is 2.76. The van der Waals surface area contributed by atoms with Crippen LogP contribution in [0, 0.1) is 0 Å². The second-order valence-corrected chi connectivity index (χ2v) is 6.45. The van der Waals surface area contributed by atoms with Crippen molar-refractivity contribution >= 4 is 11.3 Å². The third kappa shape index (κ3) is 2.96. The molecular weight excluding hydrogens is 296 g/mol. The first-order chi connectivity index (χ1) is 11.4. The quantitative estimate of drug-likeness (QED) is 0.392. The van der Waals surface area contributed by atoms with Crippen LogP contribution in [0.15, 0.2) is 96.4 Å². The normalized spacial score (nSPS) is 10.6. The molecule has 0 nitrogen and oxygen atoms in total. The topological polar surface area (TPSA) is 0 Å². The molecule has 0 radical (unpaired) electrons. The van der Waals surface area contributed by atoms with Gasteiger partial charge in [-0.25, -0.2) is 0 Å². The molecule has 0 amide bonds. The van der Waals surface area contributed by atoms with E-state index in [0.717, 1.165) is 0 Å². The summed E-state index contributed by atoms with van der Waals surface area (Å²) in [6.45, 7) is 0. The highest BCUT2D eigenvalue weighted by atomic mass is 32.1. The van der Waals surface area contributed by atoms with Crippen molar-refractivity contribution in [1.82, 2.24) is 0 Å². The summed E-state index contributed by atoms with van der Waals surface area (Å²) in [4.78, 5) is 1.32. The Kier molecular flexibility index (Phi) is 3.79. The maximum atomic E-state index is 2.20. The van der Waals surface area contributed by atoms with Crippen molar-refractivity contribution in [3.05, 3.63) is 96.4 Å². The van der Waals surface area contributed by atoms with E-state index >= 15 is 0 Å². The minimum Gasteiger partial charge on any atom is -0.144 e. The van der Waals surface area contributed by atoms with Gasteiger partial charge < -0.3 is 0 Å². The van der Waals surface area contributed by atoms with Gasteiger partial charge in [0.25, 0.3) is 0 Å². The van der Waals surface area contributed by atoms with Gasteiger partial charge in [-0.3, -0.25) is 0 Å². The molecule has 1 heteroatoms. The zero-order valence-corrected chi connectivity index (χ0v) is 13.5. The first-order valence-electron chi connectivity index (χ1n) is 7.70. The lowest BCUT2D eigenvalue weighted by atomic mass is 9.99. The number of hydrogen-bond donors (Lipinski definition) is 0. The molecule has 0 aliphatic rings. The molecule has 3 aromatic carbocycles. The summed E-state index contributed by atoms with van der Waals surface area (Å²) < 4.78 is 0. The molecule has 0 bridgehead atoms. The minimum absolute atomic E-state index is 1.25. The molecule has 1 aromatic heterocycles. The van der Waals surface area contributed by atoms with Crippen LogP contribution in [0.3, 0.4) is 0 Å².